The Morgan fingerprint density at radius 2 is 0.464 bits per heavy atom. The Hall–Kier alpha value is -7.53. The van der Waals surface area contributed by atoms with Gasteiger partial charge < -0.3 is 0 Å². The average molecular weight is 712 g/mol. The summed E-state index contributed by atoms with van der Waals surface area (Å²) >= 11 is 0. The monoisotopic (exact) mass is 711 g/mol. The van der Waals surface area contributed by atoms with Gasteiger partial charge in [0.25, 0.3) is 0 Å². The molecule has 0 atom stereocenters. The summed E-state index contributed by atoms with van der Waals surface area (Å²) in [6.07, 6.45) is 0. The van der Waals surface area contributed by atoms with Crippen molar-refractivity contribution in [3.63, 3.8) is 0 Å². The highest BCUT2D eigenvalue weighted by atomic mass is 14.3. The molecule has 0 amide bonds. The summed E-state index contributed by atoms with van der Waals surface area (Å²) in [4.78, 5) is 0. The first-order valence-corrected chi connectivity index (χ1v) is 19.0. The minimum absolute atomic E-state index is 0.651. The van der Waals surface area contributed by atoms with E-state index in [1.165, 1.54) is 44.5 Å². The lowest BCUT2D eigenvalue weighted by Crippen LogP contribution is -1.89. The van der Waals surface area contributed by atoms with Gasteiger partial charge in [-0.3, -0.25) is 0 Å². The van der Waals surface area contributed by atoms with E-state index in [2.05, 4.69) is 212 Å². The first-order valence-electron chi connectivity index (χ1n) is 19.0. The maximum Gasteiger partial charge on any atom is 0.0998 e. The fraction of sp³-hybridized carbons (Fsp3) is 0. The topological polar surface area (TPSA) is 23.8 Å². The highest BCUT2D eigenvalue weighted by molar-refractivity contribution is 5.83. The van der Waals surface area contributed by atoms with Crippen molar-refractivity contribution >= 4 is 0 Å². The lowest BCUT2D eigenvalue weighted by atomic mass is 9.91. The molecule has 0 fully saturated rings. The summed E-state index contributed by atoms with van der Waals surface area (Å²) in [5.74, 6) is 0. The molecule has 0 spiro atoms. The molecular formula is C55H37N. The van der Waals surface area contributed by atoms with Crippen molar-refractivity contribution in [1.29, 1.82) is 5.26 Å². The van der Waals surface area contributed by atoms with Crippen LogP contribution in [-0.4, -0.2) is 0 Å². The van der Waals surface area contributed by atoms with Crippen molar-refractivity contribution in [2.24, 2.45) is 0 Å². The summed E-state index contributed by atoms with van der Waals surface area (Å²) in [6, 6.07) is 81.7. The first-order chi connectivity index (χ1) is 27.7. The molecule has 0 aliphatic heterocycles. The van der Waals surface area contributed by atoms with Gasteiger partial charge in [-0.05, 0) is 119 Å². The Bertz CT molecular complexity index is 2830. The van der Waals surface area contributed by atoms with Gasteiger partial charge >= 0.3 is 0 Å². The molecule has 0 bridgehead atoms. The Morgan fingerprint density at radius 1 is 0.214 bits per heavy atom. The largest absolute Gasteiger partial charge is 0.192 e. The first kappa shape index (κ1) is 34.3. The van der Waals surface area contributed by atoms with E-state index in [1.54, 1.807) is 0 Å². The quantitative estimate of drug-likeness (QED) is 0.154. The standard InChI is InChI=1S/C55H37N/c56-38-54-37-52(50-20-9-19-49(35-50)47-17-7-15-45(33-47)43-27-23-41(24-28-43)39-11-3-1-4-12-39)31-32-55(54)53-22-10-21-51(36-53)48-18-8-16-46(34-48)44-29-25-42(26-30-44)40-13-5-2-6-14-40/h1-37H. The van der Waals surface area contributed by atoms with Crippen LogP contribution in [0.25, 0.3) is 89.0 Å². The number of rotatable bonds is 8. The van der Waals surface area contributed by atoms with Crippen molar-refractivity contribution < 1.29 is 0 Å². The molecule has 0 aromatic heterocycles. The molecule has 0 unspecified atom stereocenters. The van der Waals surface area contributed by atoms with Gasteiger partial charge in [-0.2, -0.15) is 5.26 Å². The van der Waals surface area contributed by atoms with Crippen LogP contribution in [0.2, 0.25) is 0 Å². The van der Waals surface area contributed by atoms with Gasteiger partial charge in [-0.25, -0.2) is 0 Å². The second-order valence-corrected chi connectivity index (χ2v) is 14.1. The molecule has 262 valence electrons. The maximum absolute atomic E-state index is 10.4. The van der Waals surface area contributed by atoms with E-state index in [1.807, 2.05) is 18.2 Å². The summed E-state index contributed by atoms with van der Waals surface area (Å²) in [6.45, 7) is 0. The molecule has 1 nitrogen and oxygen atoms in total. The molecular weight excluding hydrogens is 675 g/mol. The molecule has 0 aliphatic carbocycles. The fourth-order valence-electron chi connectivity index (χ4n) is 7.54. The van der Waals surface area contributed by atoms with Gasteiger partial charge in [0.1, 0.15) is 0 Å². The highest BCUT2D eigenvalue weighted by Gasteiger charge is 2.11. The molecule has 0 aliphatic rings. The van der Waals surface area contributed by atoms with E-state index in [0.717, 1.165) is 44.5 Å². The number of hydrogen-bond acceptors (Lipinski definition) is 1. The third kappa shape index (κ3) is 7.21. The number of benzene rings is 9. The predicted octanol–water partition coefficient (Wildman–Crippen LogP) is 14.9. The van der Waals surface area contributed by atoms with Crippen molar-refractivity contribution in [3.8, 4) is 95.1 Å². The van der Waals surface area contributed by atoms with Crippen LogP contribution < -0.4 is 0 Å². The molecule has 9 rings (SSSR count). The summed E-state index contributed by atoms with van der Waals surface area (Å²) < 4.78 is 0. The Kier molecular flexibility index (Phi) is 9.45. The molecule has 0 radical (unpaired) electrons. The second-order valence-electron chi connectivity index (χ2n) is 14.1. The third-order valence-electron chi connectivity index (χ3n) is 10.6. The zero-order valence-electron chi connectivity index (χ0n) is 30.8. The SMILES string of the molecule is N#Cc1cc(-c2cccc(-c3cccc(-c4ccc(-c5ccccc5)cc4)c3)c2)ccc1-c1cccc(-c2cccc(-c3ccc(-c4ccccc4)cc3)c2)c1. The predicted molar refractivity (Wildman–Crippen MR) is 235 cm³/mol. The second kappa shape index (κ2) is 15.4. The molecule has 56 heavy (non-hydrogen) atoms. The fourth-order valence-corrected chi connectivity index (χ4v) is 7.54. The van der Waals surface area contributed by atoms with Gasteiger partial charge in [0.2, 0.25) is 0 Å². The number of nitriles is 1. The van der Waals surface area contributed by atoms with Crippen molar-refractivity contribution in [2.45, 2.75) is 0 Å². The summed E-state index contributed by atoms with van der Waals surface area (Å²) in [5.41, 5.74) is 18.8. The molecule has 1 heteroatoms. The van der Waals surface area contributed by atoms with E-state index >= 15 is 0 Å². The Balaban J connectivity index is 0.961. The van der Waals surface area contributed by atoms with Gasteiger partial charge in [0, 0.05) is 0 Å². The van der Waals surface area contributed by atoms with Crippen molar-refractivity contribution in [1.82, 2.24) is 0 Å². The molecule has 0 saturated carbocycles. The minimum Gasteiger partial charge on any atom is -0.192 e. The smallest absolute Gasteiger partial charge is 0.0998 e. The van der Waals surface area contributed by atoms with E-state index in [9.17, 15) is 5.26 Å². The van der Waals surface area contributed by atoms with E-state index < -0.39 is 0 Å². The molecule has 9 aromatic carbocycles. The lowest BCUT2D eigenvalue weighted by molar-refractivity contribution is 1.47. The van der Waals surface area contributed by atoms with E-state index in [4.69, 9.17) is 0 Å². The average Bonchev–Trinajstić information content (AvgIpc) is 3.29. The van der Waals surface area contributed by atoms with E-state index in [-0.39, 0.29) is 0 Å². The van der Waals surface area contributed by atoms with Gasteiger partial charge in [0.05, 0.1) is 11.6 Å². The molecule has 0 saturated heterocycles. The van der Waals surface area contributed by atoms with Crippen LogP contribution in [0.1, 0.15) is 5.56 Å². The van der Waals surface area contributed by atoms with Gasteiger partial charge in [0.15, 0.2) is 0 Å². The summed E-state index contributed by atoms with van der Waals surface area (Å²) in [7, 11) is 0. The van der Waals surface area contributed by atoms with Crippen LogP contribution >= 0.6 is 0 Å². The minimum atomic E-state index is 0.651. The van der Waals surface area contributed by atoms with Crippen molar-refractivity contribution in [2.75, 3.05) is 0 Å². The molecule has 0 heterocycles. The zero-order chi connectivity index (χ0) is 37.7. The van der Waals surface area contributed by atoms with E-state index in [0.29, 0.717) is 5.56 Å². The lowest BCUT2D eigenvalue weighted by Gasteiger charge is -2.12. The van der Waals surface area contributed by atoms with Crippen LogP contribution in [0, 0.1) is 11.3 Å². The van der Waals surface area contributed by atoms with Crippen LogP contribution in [0.4, 0.5) is 0 Å². The van der Waals surface area contributed by atoms with Gasteiger partial charge in [-0.1, -0.05) is 194 Å². The van der Waals surface area contributed by atoms with Crippen LogP contribution in [-0.2, 0) is 0 Å². The molecule has 0 N–H and O–H groups in total. The normalized spacial score (nSPS) is 10.8. The third-order valence-corrected chi connectivity index (χ3v) is 10.6. The number of nitrogens with zero attached hydrogens (tertiary/aromatic N) is 1. The Morgan fingerprint density at radius 3 is 0.839 bits per heavy atom. The van der Waals surface area contributed by atoms with Gasteiger partial charge in [-0.15, -0.1) is 0 Å². The van der Waals surface area contributed by atoms with Crippen LogP contribution in [0.3, 0.4) is 0 Å². The maximum atomic E-state index is 10.4. The van der Waals surface area contributed by atoms with Crippen molar-refractivity contribution in [3.05, 3.63) is 230 Å². The van der Waals surface area contributed by atoms with Crippen LogP contribution in [0.5, 0.6) is 0 Å². The summed E-state index contributed by atoms with van der Waals surface area (Å²) in [5, 5.41) is 10.4. The molecule has 9 aromatic rings. The number of hydrogen-bond donors (Lipinski definition) is 0. The highest BCUT2D eigenvalue weighted by Crippen LogP contribution is 2.35. The zero-order valence-corrected chi connectivity index (χ0v) is 30.8. The van der Waals surface area contributed by atoms with Crippen LogP contribution in [0.15, 0.2) is 224 Å². The Labute approximate surface area is 329 Å².